The van der Waals surface area contributed by atoms with Crippen LogP contribution in [0.4, 0.5) is 34.1 Å². The highest BCUT2D eigenvalue weighted by Gasteiger charge is 2.26. The molecule has 4 heterocycles. The summed E-state index contributed by atoms with van der Waals surface area (Å²) in [6.07, 6.45) is 7.67. The maximum Gasteiger partial charge on any atom is 0.181 e. The first-order valence-electron chi connectivity index (χ1n) is 16.4. The smallest absolute Gasteiger partial charge is 0.181 e. The molecule has 0 saturated carbocycles. The van der Waals surface area contributed by atoms with Crippen LogP contribution in [0, 0.1) is 0 Å². The van der Waals surface area contributed by atoms with Crippen molar-refractivity contribution in [3.63, 3.8) is 0 Å². The predicted molar refractivity (Wildman–Crippen MR) is 204 cm³/mol. The van der Waals surface area contributed by atoms with Crippen LogP contribution in [-0.2, 0) is 0 Å². The highest BCUT2D eigenvalue weighted by molar-refractivity contribution is 8.00. The molecule has 0 fully saturated rings. The normalized spacial score (nSPS) is 13.0. The number of imidazole rings is 2. The minimum atomic E-state index is 0.771. The van der Waals surface area contributed by atoms with Gasteiger partial charge < -0.3 is 9.80 Å². The number of aromatic nitrogens is 4. The van der Waals surface area contributed by atoms with Crippen LogP contribution in [0.1, 0.15) is 0 Å². The number of hydrogen-bond acceptors (Lipinski definition) is 6. The Bertz CT molecular complexity index is 2250. The van der Waals surface area contributed by atoms with Gasteiger partial charge in [0.2, 0.25) is 0 Å². The van der Waals surface area contributed by atoms with Gasteiger partial charge in [-0.05, 0) is 97.1 Å². The van der Waals surface area contributed by atoms with Gasteiger partial charge in [-0.2, -0.15) is 0 Å². The van der Waals surface area contributed by atoms with Crippen molar-refractivity contribution in [2.75, 3.05) is 9.80 Å². The maximum absolute atomic E-state index is 4.79. The predicted octanol–water partition coefficient (Wildman–Crippen LogP) is 11.6. The molecular formula is C42H28N6S2. The van der Waals surface area contributed by atoms with Gasteiger partial charge in [0.05, 0.1) is 22.7 Å². The number of hydrogen-bond donors (Lipinski definition) is 0. The summed E-state index contributed by atoms with van der Waals surface area (Å²) in [5.74, 6) is 1.54. The van der Waals surface area contributed by atoms with Gasteiger partial charge in [-0.15, -0.1) is 0 Å². The molecule has 0 amide bonds. The molecule has 0 N–H and O–H groups in total. The largest absolute Gasteiger partial charge is 0.308 e. The zero-order valence-electron chi connectivity index (χ0n) is 26.7. The molecule has 0 saturated heterocycles. The zero-order chi connectivity index (χ0) is 33.0. The lowest BCUT2D eigenvalue weighted by atomic mass is 10.1. The summed E-state index contributed by atoms with van der Waals surface area (Å²) < 4.78 is 4.20. The average Bonchev–Trinajstić information content (AvgIpc) is 3.87. The average molecular weight is 681 g/mol. The maximum atomic E-state index is 4.79. The van der Waals surface area contributed by atoms with Crippen molar-refractivity contribution < 1.29 is 0 Å². The van der Waals surface area contributed by atoms with Gasteiger partial charge in [-0.3, -0.25) is 9.13 Å². The van der Waals surface area contributed by atoms with Crippen LogP contribution in [0.25, 0.3) is 23.0 Å². The number of fused-ring (bicyclic) bond motifs is 4. The summed E-state index contributed by atoms with van der Waals surface area (Å²) in [7, 11) is 0. The van der Waals surface area contributed by atoms with Crippen LogP contribution < -0.4 is 9.80 Å². The third-order valence-corrected chi connectivity index (χ3v) is 11.4. The third-order valence-electron chi connectivity index (χ3n) is 9.12. The molecule has 2 aliphatic rings. The minimum absolute atomic E-state index is 0.771. The topological polar surface area (TPSA) is 42.1 Å². The van der Waals surface area contributed by atoms with Gasteiger partial charge in [0.1, 0.15) is 0 Å². The molecule has 0 spiro atoms. The van der Waals surface area contributed by atoms with Crippen LogP contribution in [0.2, 0.25) is 0 Å². The summed E-state index contributed by atoms with van der Waals surface area (Å²) in [6, 6.07) is 51.7. The lowest BCUT2D eigenvalue weighted by Crippen LogP contribution is -2.14. The second-order valence-corrected chi connectivity index (χ2v) is 14.2. The fourth-order valence-electron chi connectivity index (χ4n) is 6.84. The number of rotatable bonds is 5. The first-order valence-corrected chi connectivity index (χ1v) is 18.0. The van der Waals surface area contributed by atoms with E-state index in [2.05, 4.69) is 165 Å². The van der Waals surface area contributed by atoms with Crippen molar-refractivity contribution in [3.8, 4) is 23.0 Å². The van der Waals surface area contributed by atoms with Crippen LogP contribution in [0.15, 0.2) is 190 Å². The highest BCUT2D eigenvalue weighted by Crippen LogP contribution is 2.52. The van der Waals surface area contributed by atoms with Crippen molar-refractivity contribution in [3.05, 3.63) is 170 Å². The van der Waals surface area contributed by atoms with E-state index in [1.54, 1.807) is 0 Å². The molecule has 2 aromatic heterocycles. The second-order valence-electron chi connectivity index (χ2n) is 12.0. The molecule has 50 heavy (non-hydrogen) atoms. The Morgan fingerprint density at radius 2 is 0.640 bits per heavy atom. The Labute approximate surface area is 298 Å². The van der Waals surface area contributed by atoms with E-state index in [0.717, 1.165) is 34.4 Å². The molecule has 6 aromatic carbocycles. The summed E-state index contributed by atoms with van der Waals surface area (Å²) in [5, 5.41) is 0. The molecule has 0 bridgehead atoms. The van der Waals surface area contributed by atoms with E-state index < -0.39 is 0 Å². The van der Waals surface area contributed by atoms with Gasteiger partial charge in [-0.1, -0.05) is 72.1 Å². The molecule has 10 rings (SSSR count). The monoisotopic (exact) mass is 680 g/mol. The van der Waals surface area contributed by atoms with E-state index in [4.69, 9.17) is 9.97 Å². The second kappa shape index (κ2) is 11.9. The zero-order valence-corrected chi connectivity index (χ0v) is 28.3. The van der Waals surface area contributed by atoms with Crippen LogP contribution in [0.3, 0.4) is 0 Å². The summed E-state index contributed by atoms with van der Waals surface area (Å²) >= 11 is 3.64. The van der Waals surface area contributed by atoms with Crippen molar-refractivity contribution in [1.82, 2.24) is 19.1 Å². The Balaban J connectivity index is 0.975. The van der Waals surface area contributed by atoms with E-state index in [0.29, 0.717) is 0 Å². The molecule has 0 atom stereocenters. The van der Waals surface area contributed by atoms with Crippen LogP contribution in [-0.4, -0.2) is 19.1 Å². The Morgan fingerprint density at radius 1 is 0.340 bits per heavy atom. The van der Waals surface area contributed by atoms with E-state index in [-0.39, 0.29) is 0 Å². The van der Waals surface area contributed by atoms with Gasteiger partial charge >= 0.3 is 0 Å². The summed E-state index contributed by atoms with van der Waals surface area (Å²) in [4.78, 5) is 19.3. The van der Waals surface area contributed by atoms with E-state index in [1.807, 2.05) is 48.3 Å². The third kappa shape index (κ3) is 4.75. The molecule has 0 aliphatic carbocycles. The molecule has 238 valence electrons. The molecule has 8 aromatic rings. The van der Waals surface area contributed by atoms with Crippen LogP contribution in [0.5, 0.6) is 0 Å². The Hall–Kier alpha value is -5.96. The van der Waals surface area contributed by atoms with Gasteiger partial charge in [-0.25, -0.2) is 9.97 Å². The first-order chi connectivity index (χ1) is 24.8. The fourth-order valence-corrected chi connectivity index (χ4v) is 8.96. The van der Waals surface area contributed by atoms with Gasteiger partial charge in [0, 0.05) is 67.1 Å². The Morgan fingerprint density at radius 3 is 0.980 bits per heavy atom. The number of para-hydroxylation sites is 4. The van der Waals surface area contributed by atoms with Crippen molar-refractivity contribution >= 4 is 57.6 Å². The fraction of sp³-hybridized carbons (Fsp3) is 0. The van der Waals surface area contributed by atoms with Crippen molar-refractivity contribution in [1.29, 1.82) is 0 Å². The number of benzene rings is 6. The first kappa shape index (κ1) is 29.0. The molecular weight excluding hydrogens is 653 g/mol. The SMILES string of the molecule is c1ccc2c(c1)Sc1ccccc1N2c1ccc(-n2ccnc2-c2nccn2-c2ccc(N3c4ccccc4Sc4ccccc43)cc2)cc1. The minimum Gasteiger partial charge on any atom is -0.308 e. The van der Waals surface area contributed by atoms with Crippen molar-refractivity contribution in [2.24, 2.45) is 0 Å². The summed E-state index contributed by atoms with van der Waals surface area (Å²) in [6.45, 7) is 0. The molecule has 8 heteroatoms. The van der Waals surface area contributed by atoms with Crippen molar-refractivity contribution in [2.45, 2.75) is 19.6 Å². The highest BCUT2D eigenvalue weighted by atomic mass is 32.2. The molecule has 2 aliphatic heterocycles. The lowest BCUT2D eigenvalue weighted by Gasteiger charge is -2.33. The van der Waals surface area contributed by atoms with Gasteiger partial charge in [0.15, 0.2) is 11.6 Å². The van der Waals surface area contributed by atoms with E-state index in [9.17, 15) is 0 Å². The number of anilines is 6. The molecule has 6 nitrogen and oxygen atoms in total. The number of nitrogens with zero attached hydrogens (tertiary/aromatic N) is 6. The lowest BCUT2D eigenvalue weighted by molar-refractivity contribution is 0.987. The van der Waals surface area contributed by atoms with Crippen LogP contribution >= 0.6 is 23.5 Å². The molecule has 0 unspecified atom stereocenters. The molecule has 0 radical (unpaired) electrons. The van der Waals surface area contributed by atoms with Gasteiger partial charge in [0.25, 0.3) is 0 Å². The Kier molecular flexibility index (Phi) is 6.89. The summed E-state index contributed by atoms with van der Waals surface area (Å²) in [5.41, 5.74) is 8.99. The standard InChI is InChI=1S/C42H28N6S2/c1-5-13-37-33(9-1)47(34-10-2-6-14-38(34)49-37)31-21-17-29(18-22-31)45-27-25-43-41(45)42-44-26-28-46(42)30-19-23-32(24-20-30)48-35-11-3-7-15-39(35)50-40-16-8-4-12-36(40)48/h1-28H. The van der Waals surface area contributed by atoms with E-state index in [1.165, 1.54) is 42.3 Å². The van der Waals surface area contributed by atoms with E-state index >= 15 is 0 Å². The quantitative estimate of drug-likeness (QED) is 0.180.